The number of hydrogen-bond acceptors (Lipinski definition) is 6. The van der Waals surface area contributed by atoms with Crippen LogP contribution in [0.15, 0.2) is 47.2 Å². The fraction of sp³-hybridized carbons (Fsp3) is 0.250. The summed E-state index contributed by atoms with van der Waals surface area (Å²) in [5.74, 6) is 1.06. The van der Waals surface area contributed by atoms with Crippen LogP contribution < -0.4 is 15.8 Å². The van der Waals surface area contributed by atoms with Gasteiger partial charge in [0.25, 0.3) is 0 Å². The van der Waals surface area contributed by atoms with Crippen molar-refractivity contribution in [2.45, 2.75) is 19.8 Å². The first-order chi connectivity index (χ1) is 13.5. The minimum atomic E-state index is -0.382. The van der Waals surface area contributed by atoms with Crippen molar-refractivity contribution in [3.05, 3.63) is 57.6 Å². The molecule has 0 bridgehead atoms. The fourth-order valence-corrected chi connectivity index (χ4v) is 4.02. The number of carbonyl (C=O) groups excluding carboxylic acids is 1. The zero-order valence-corrected chi connectivity index (χ0v) is 17.8. The third kappa shape index (κ3) is 5.53. The maximum Gasteiger partial charge on any atom is 0.222 e. The lowest BCUT2D eigenvalue weighted by atomic mass is 10.1. The van der Waals surface area contributed by atoms with E-state index in [4.69, 9.17) is 10.5 Å². The lowest BCUT2D eigenvalue weighted by Crippen LogP contribution is -2.13. The molecule has 0 fully saturated rings. The summed E-state index contributed by atoms with van der Waals surface area (Å²) >= 11 is 4.91. The normalized spacial score (nSPS) is 10.6. The van der Waals surface area contributed by atoms with Crippen molar-refractivity contribution in [2.75, 3.05) is 18.5 Å². The van der Waals surface area contributed by atoms with E-state index in [2.05, 4.69) is 43.3 Å². The van der Waals surface area contributed by atoms with Crippen molar-refractivity contribution in [1.82, 2.24) is 9.97 Å². The number of nitrogens with two attached hydrogens (primary N) is 1. The molecule has 146 valence electrons. The quantitative estimate of drug-likeness (QED) is 0.502. The highest BCUT2D eigenvalue weighted by atomic mass is 79.9. The van der Waals surface area contributed by atoms with Crippen LogP contribution in [0.2, 0.25) is 0 Å². The molecule has 0 spiro atoms. The number of amides is 1. The summed E-state index contributed by atoms with van der Waals surface area (Å²) in [6, 6.07) is 12.1. The van der Waals surface area contributed by atoms with Gasteiger partial charge in [-0.2, -0.15) is 0 Å². The Morgan fingerprint density at radius 3 is 2.75 bits per heavy atom. The highest BCUT2D eigenvalue weighted by molar-refractivity contribution is 9.10. The van der Waals surface area contributed by atoms with Gasteiger partial charge in [-0.15, -0.1) is 11.3 Å². The van der Waals surface area contributed by atoms with Crippen molar-refractivity contribution in [3.8, 4) is 16.3 Å². The lowest BCUT2D eigenvalue weighted by Gasteiger charge is -2.06. The molecule has 0 aliphatic heterocycles. The Labute approximate surface area is 176 Å². The maximum absolute atomic E-state index is 11.3. The summed E-state index contributed by atoms with van der Waals surface area (Å²) in [6.07, 6.45) is 2.58. The number of ether oxygens (including phenoxy) is 1. The summed E-state index contributed by atoms with van der Waals surface area (Å²) in [5.41, 5.74) is 7.38. The first kappa shape index (κ1) is 20.3. The van der Waals surface area contributed by atoms with Gasteiger partial charge in [-0.25, -0.2) is 9.97 Å². The van der Waals surface area contributed by atoms with Gasteiger partial charge in [0.15, 0.2) is 0 Å². The van der Waals surface area contributed by atoms with Crippen LogP contribution in [-0.4, -0.2) is 29.0 Å². The van der Waals surface area contributed by atoms with Crippen molar-refractivity contribution >= 4 is 39.0 Å². The van der Waals surface area contributed by atoms with Crippen molar-refractivity contribution < 1.29 is 9.53 Å². The predicted molar refractivity (Wildman–Crippen MR) is 116 cm³/mol. The molecule has 3 N–H and O–H groups in total. The Kier molecular flexibility index (Phi) is 7.00. The highest BCUT2D eigenvalue weighted by Crippen LogP contribution is 2.36. The Bertz CT molecular complexity index is 944. The number of thiophene rings is 1. The van der Waals surface area contributed by atoms with Crippen LogP contribution in [0, 0.1) is 0 Å². The molecule has 1 aromatic carbocycles. The van der Waals surface area contributed by atoms with Crippen LogP contribution >= 0.6 is 27.3 Å². The van der Waals surface area contributed by atoms with Crippen LogP contribution in [0.4, 0.5) is 5.82 Å². The second kappa shape index (κ2) is 9.66. The van der Waals surface area contributed by atoms with Gasteiger partial charge in [-0.1, -0.05) is 28.1 Å². The fourth-order valence-electron chi connectivity index (χ4n) is 2.67. The third-order valence-corrected chi connectivity index (χ3v) is 5.62. The molecule has 8 heteroatoms. The molecule has 2 aromatic heterocycles. The number of carbonyl (C=O) groups is 1. The van der Waals surface area contributed by atoms with Crippen LogP contribution in [0.25, 0.3) is 10.6 Å². The number of benzene rings is 1. The van der Waals surface area contributed by atoms with E-state index >= 15 is 0 Å². The van der Waals surface area contributed by atoms with Gasteiger partial charge in [-0.05, 0) is 31.0 Å². The largest absolute Gasteiger partial charge is 0.493 e. The zero-order valence-electron chi connectivity index (χ0n) is 15.4. The van der Waals surface area contributed by atoms with E-state index in [1.54, 1.807) is 0 Å². The average Bonchev–Trinajstić information content (AvgIpc) is 3.06. The SMILES string of the molecule is CCOc1cc(-c2cc(NCCc3ccc(Br)cc3)ncn2)sc1CC(N)=O. The molecule has 28 heavy (non-hydrogen) atoms. The molecule has 3 rings (SSSR count). The minimum Gasteiger partial charge on any atom is -0.493 e. The maximum atomic E-state index is 11.3. The molecule has 2 heterocycles. The smallest absolute Gasteiger partial charge is 0.222 e. The Hall–Kier alpha value is -2.45. The number of hydrogen-bond donors (Lipinski definition) is 2. The van der Waals surface area contributed by atoms with E-state index in [1.807, 2.05) is 31.2 Å². The minimum absolute atomic E-state index is 0.156. The Balaban J connectivity index is 1.70. The number of aromatic nitrogens is 2. The van der Waals surface area contributed by atoms with Crippen molar-refractivity contribution in [1.29, 1.82) is 0 Å². The summed E-state index contributed by atoms with van der Waals surface area (Å²) in [6.45, 7) is 3.19. The van der Waals surface area contributed by atoms with Crippen LogP contribution in [0.5, 0.6) is 5.75 Å². The molecule has 1 amide bonds. The lowest BCUT2D eigenvalue weighted by molar-refractivity contribution is -0.117. The van der Waals surface area contributed by atoms with Gasteiger partial charge in [0.2, 0.25) is 5.91 Å². The van der Waals surface area contributed by atoms with Crippen molar-refractivity contribution in [3.63, 3.8) is 0 Å². The number of anilines is 1. The molecule has 6 nitrogen and oxygen atoms in total. The average molecular weight is 461 g/mol. The molecule has 0 aliphatic carbocycles. The third-order valence-electron chi connectivity index (χ3n) is 3.96. The van der Waals surface area contributed by atoms with E-state index < -0.39 is 0 Å². The summed E-state index contributed by atoms with van der Waals surface area (Å²) in [5, 5.41) is 3.33. The van der Waals surface area contributed by atoms with E-state index in [0.29, 0.717) is 12.4 Å². The monoisotopic (exact) mass is 460 g/mol. The highest BCUT2D eigenvalue weighted by Gasteiger charge is 2.15. The molecule has 0 saturated heterocycles. The first-order valence-electron chi connectivity index (χ1n) is 8.89. The molecular weight excluding hydrogens is 440 g/mol. The van der Waals surface area contributed by atoms with Gasteiger partial charge < -0.3 is 15.8 Å². The number of nitrogens with zero attached hydrogens (tertiary/aromatic N) is 2. The Morgan fingerprint density at radius 2 is 2.04 bits per heavy atom. The predicted octanol–water partition coefficient (Wildman–Crippen LogP) is 4.05. The van der Waals surface area contributed by atoms with Crippen LogP contribution in [0.3, 0.4) is 0 Å². The van der Waals surface area contributed by atoms with E-state index in [0.717, 1.165) is 38.7 Å². The molecule has 0 atom stereocenters. The zero-order chi connectivity index (χ0) is 19.9. The van der Waals surface area contributed by atoms with Gasteiger partial charge >= 0.3 is 0 Å². The molecule has 3 aromatic rings. The molecule has 0 aliphatic rings. The standard InChI is InChI=1S/C20H21BrN4O2S/c1-2-27-16-10-17(28-18(16)11-19(22)26)15-9-20(25-12-24-15)23-8-7-13-3-5-14(21)6-4-13/h3-6,9-10,12H,2,7-8,11H2,1H3,(H2,22,26)(H,23,24,25). The van der Waals surface area contributed by atoms with Gasteiger partial charge in [0.05, 0.1) is 28.5 Å². The number of rotatable bonds is 9. The Morgan fingerprint density at radius 1 is 1.25 bits per heavy atom. The van der Waals surface area contributed by atoms with E-state index in [1.165, 1.54) is 23.2 Å². The van der Waals surface area contributed by atoms with E-state index in [-0.39, 0.29) is 12.3 Å². The van der Waals surface area contributed by atoms with Crippen molar-refractivity contribution in [2.24, 2.45) is 5.73 Å². The van der Waals surface area contributed by atoms with Gasteiger partial charge in [-0.3, -0.25) is 4.79 Å². The number of nitrogens with one attached hydrogen (secondary N) is 1. The van der Waals surface area contributed by atoms with E-state index in [9.17, 15) is 4.79 Å². The number of halogens is 1. The summed E-state index contributed by atoms with van der Waals surface area (Å²) in [4.78, 5) is 21.7. The molecule has 0 unspecified atom stereocenters. The summed E-state index contributed by atoms with van der Waals surface area (Å²) in [7, 11) is 0. The van der Waals surface area contributed by atoms with Gasteiger partial charge in [0, 0.05) is 23.2 Å². The molecular formula is C20H21BrN4O2S. The second-order valence-corrected chi connectivity index (χ2v) is 8.12. The first-order valence-corrected chi connectivity index (χ1v) is 10.5. The topological polar surface area (TPSA) is 90.1 Å². The molecule has 0 radical (unpaired) electrons. The second-order valence-electron chi connectivity index (χ2n) is 6.07. The van der Waals surface area contributed by atoms with Gasteiger partial charge in [0.1, 0.15) is 17.9 Å². The van der Waals surface area contributed by atoms with Crippen LogP contribution in [-0.2, 0) is 17.6 Å². The molecule has 0 saturated carbocycles. The number of primary amides is 1. The van der Waals surface area contributed by atoms with Crippen LogP contribution in [0.1, 0.15) is 17.4 Å². The summed E-state index contributed by atoms with van der Waals surface area (Å²) < 4.78 is 6.70.